The van der Waals surface area contributed by atoms with E-state index >= 15 is 0 Å². The first-order chi connectivity index (χ1) is 8.61. The first-order valence-corrected chi connectivity index (χ1v) is 6.61. The minimum Gasteiger partial charge on any atom is -0.461 e. The van der Waals surface area contributed by atoms with Crippen molar-refractivity contribution in [3.05, 3.63) is 33.3 Å². The highest BCUT2D eigenvalue weighted by atomic mass is 35.5. The molecule has 94 valence electrons. The molecular weight excluding hydrogens is 295 g/mol. The van der Waals surface area contributed by atoms with Crippen LogP contribution in [-0.4, -0.2) is 21.9 Å². The monoisotopic (exact) mass is 302 g/mol. The molecule has 7 heteroatoms. The normalized spacial score (nSPS) is 10.4. The lowest BCUT2D eigenvalue weighted by Gasteiger charge is -1.99. The smallest absolute Gasteiger partial charge is 0.369 e. The number of halogens is 2. The zero-order valence-corrected chi connectivity index (χ0v) is 11.6. The van der Waals surface area contributed by atoms with Crippen molar-refractivity contribution in [2.75, 3.05) is 6.61 Å². The molecule has 0 aliphatic rings. The summed E-state index contributed by atoms with van der Waals surface area (Å²) in [5, 5.41) is 1.18. The lowest BCUT2D eigenvalue weighted by Crippen LogP contribution is -2.03. The van der Waals surface area contributed by atoms with E-state index in [1.165, 1.54) is 0 Å². The Morgan fingerprint density at radius 2 is 2.22 bits per heavy atom. The van der Waals surface area contributed by atoms with Crippen LogP contribution < -0.4 is 0 Å². The highest BCUT2D eigenvalue weighted by Gasteiger charge is 2.16. The summed E-state index contributed by atoms with van der Waals surface area (Å²) in [4.78, 5) is 15.6. The number of carbonyl (C=O) groups excluding carboxylic acids is 1. The van der Waals surface area contributed by atoms with Crippen molar-refractivity contribution in [3.63, 3.8) is 0 Å². The topological polar surface area (TPSA) is 52.1 Å². The van der Waals surface area contributed by atoms with Gasteiger partial charge in [-0.2, -0.15) is 4.37 Å². The van der Waals surface area contributed by atoms with Gasteiger partial charge >= 0.3 is 5.97 Å². The fourth-order valence-corrected chi connectivity index (χ4v) is 2.35. The van der Waals surface area contributed by atoms with Gasteiger partial charge in [-0.15, -0.1) is 0 Å². The zero-order valence-electron chi connectivity index (χ0n) is 9.31. The van der Waals surface area contributed by atoms with E-state index in [2.05, 4.69) is 9.36 Å². The fourth-order valence-electron chi connectivity index (χ4n) is 1.28. The summed E-state index contributed by atoms with van der Waals surface area (Å²) >= 11 is 12.8. The third kappa shape index (κ3) is 2.80. The quantitative estimate of drug-likeness (QED) is 0.811. The lowest BCUT2D eigenvalue weighted by atomic mass is 10.2. The number of ether oxygens (including phenoxy) is 1. The molecule has 1 aromatic carbocycles. The second kappa shape index (κ2) is 5.65. The molecule has 0 spiro atoms. The van der Waals surface area contributed by atoms with Gasteiger partial charge in [0.05, 0.1) is 11.6 Å². The van der Waals surface area contributed by atoms with Crippen molar-refractivity contribution in [1.29, 1.82) is 0 Å². The summed E-state index contributed by atoms with van der Waals surface area (Å²) in [6, 6.07) is 5.00. The molecule has 18 heavy (non-hydrogen) atoms. The molecule has 1 aromatic heterocycles. The molecule has 0 saturated heterocycles. The van der Waals surface area contributed by atoms with E-state index < -0.39 is 5.97 Å². The number of benzene rings is 1. The standard InChI is InChI=1S/C11H8Cl2N2O2S/c1-2-17-11(16)10-14-9(15-18-10)7-4-3-6(12)5-8(7)13/h3-5H,2H2,1H3. The van der Waals surface area contributed by atoms with Crippen molar-refractivity contribution in [2.45, 2.75) is 6.92 Å². The highest BCUT2D eigenvalue weighted by molar-refractivity contribution is 7.07. The number of hydrogen-bond donors (Lipinski definition) is 0. The van der Waals surface area contributed by atoms with Gasteiger partial charge in [-0.05, 0) is 36.7 Å². The Hall–Kier alpha value is -1.17. The van der Waals surface area contributed by atoms with E-state index in [0.717, 1.165) is 11.5 Å². The molecule has 0 bridgehead atoms. The molecular formula is C11H8Cl2N2O2S. The largest absolute Gasteiger partial charge is 0.461 e. The van der Waals surface area contributed by atoms with Gasteiger partial charge in [-0.25, -0.2) is 9.78 Å². The van der Waals surface area contributed by atoms with Crippen LogP contribution in [0.4, 0.5) is 0 Å². The average Bonchev–Trinajstić information content (AvgIpc) is 2.78. The molecule has 0 amide bonds. The van der Waals surface area contributed by atoms with Gasteiger partial charge in [0.1, 0.15) is 0 Å². The molecule has 0 saturated carbocycles. The van der Waals surface area contributed by atoms with Crippen molar-refractivity contribution in [2.24, 2.45) is 0 Å². The number of hydrogen-bond acceptors (Lipinski definition) is 5. The van der Waals surface area contributed by atoms with Crippen LogP contribution >= 0.6 is 34.7 Å². The molecule has 0 radical (unpaired) electrons. The maximum atomic E-state index is 11.5. The predicted molar refractivity (Wildman–Crippen MR) is 71.3 cm³/mol. The molecule has 0 aliphatic heterocycles. The van der Waals surface area contributed by atoms with Crippen LogP contribution in [0.1, 0.15) is 16.7 Å². The Morgan fingerprint density at radius 1 is 1.44 bits per heavy atom. The first-order valence-electron chi connectivity index (χ1n) is 5.08. The summed E-state index contributed by atoms with van der Waals surface area (Å²) in [6.45, 7) is 2.03. The van der Waals surface area contributed by atoms with Gasteiger partial charge in [-0.3, -0.25) is 0 Å². The third-order valence-electron chi connectivity index (χ3n) is 2.05. The molecule has 1 heterocycles. The van der Waals surface area contributed by atoms with Crippen LogP contribution in [0.2, 0.25) is 10.0 Å². The van der Waals surface area contributed by atoms with E-state index in [1.54, 1.807) is 25.1 Å². The first kappa shape index (κ1) is 13.3. The van der Waals surface area contributed by atoms with Crippen molar-refractivity contribution >= 4 is 40.7 Å². The number of esters is 1. The fraction of sp³-hybridized carbons (Fsp3) is 0.182. The van der Waals surface area contributed by atoms with Crippen molar-refractivity contribution in [3.8, 4) is 11.4 Å². The van der Waals surface area contributed by atoms with Crippen LogP contribution in [-0.2, 0) is 4.74 Å². The summed E-state index contributed by atoms with van der Waals surface area (Å²) in [5.74, 6) is -0.0870. The minimum absolute atomic E-state index is 0.206. The Bertz CT molecular complexity index is 586. The molecule has 2 aromatic rings. The molecule has 0 N–H and O–H groups in total. The summed E-state index contributed by atoms with van der Waals surface area (Å²) in [6.07, 6.45) is 0. The Kier molecular flexibility index (Phi) is 4.16. The number of aromatic nitrogens is 2. The molecule has 0 fully saturated rings. The summed E-state index contributed by atoms with van der Waals surface area (Å²) < 4.78 is 8.92. The van der Waals surface area contributed by atoms with Gasteiger partial charge in [0.15, 0.2) is 5.82 Å². The maximum absolute atomic E-state index is 11.5. The van der Waals surface area contributed by atoms with E-state index in [-0.39, 0.29) is 5.01 Å². The Morgan fingerprint density at radius 3 is 2.89 bits per heavy atom. The second-order valence-electron chi connectivity index (χ2n) is 3.27. The lowest BCUT2D eigenvalue weighted by molar-refractivity contribution is 0.0526. The average molecular weight is 303 g/mol. The van der Waals surface area contributed by atoms with Crippen LogP contribution in [0.3, 0.4) is 0 Å². The van der Waals surface area contributed by atoms with E-state index in [1.807, 2.05) is 0 Å². The van der Waals surface area contributed by atoms with Gasteiger partial charge in [-0.1, -0.05) is 23.2 Å². The second-order valence-corrected chi connectivity index (χ2v) is 4.86. The van der Waals surface area contributed by atoms with E-state index in [9.17, 15) is 4.79 Å². The van der Waals surface area contributed by atoms with Crippen molar-refractivity contribution in [1.82, 2.24) is 9.36 Å². The molecule has 0 aliphatic carbocycles. The SMILES string of the molecule is CCOC(=O)c1nc(-c2ccc(Cl)cc2Cl)ns1. The minimum atomic E-state index is -0.480. The van der Waals surface area contributed by atoms with Crippen molar-refractivity contribution < 1.29 is 9.53 Å². The summed E-state index contributed by atoms with van der Waals surface area (Å²) in [5.41, 5.74) is 0.632. The van der Waals surface area contributed by atoms with Crippen LogP contribution in [0.15, 0.2) is 18.2 Å². The molecule has 4 nitrogen and oxygen atoms in total. The summed E-state index contributed by atoms with van der Waals surface area (Å²) in [7, 11) is 0. The molecule has 0 atom stereocenters. The Balaban J connectivity index is 2.32. The van der Waals surface area contributed by atoms with Gasteiger partial charge < -0.3 is 4.74 Å². The van der Waals surface area contributed by atoms with Gasteiger partial charge in [0.25, 0.3) is 0 Å². The molecule has 0 unspecified atom stereocenters. The number of rotatable bonds is 3. The van der Waals surface area contributed by atoms with Crippen LogP contribution in [0.25, 0.3) is 11.4 Å². The highest BCUT2D eigenvalue weighted by Crippen LogP contribution is 2.29. The Labute approximate surface area is 118 Å². The van der Waals surface area contributed by atoms with Gasteiger partial charge in [0, 0.05) is 10.6 Å². The van der Waals surface area contributed by atoms with E-state index in [0.29, 0.717) is 28.0 Å². The number of carbonyl (C=O) groups is 1. The van der Waals surface area contributed by atoms with Crippen LogP contribution in [0.5, 0.6) is 0 Å². The third-order valence-corrected chi connectivity index (χ3v) is 3.29. The number of nitrogens with zero attached hydrogens (tertiary/aromatic N) is 2. The van der Waals surface area contributed by atoms with E-state index in [4.69, 9.17) is 27.9 Å². The molecule has 2 rings (SSSR count). The predicted octanol–water partition coefficient (Wildman–Crippen LogP) is 3.69. The zero-order chi connectivity index (χ0) is 13.1. The van der Waals surface area contributed by atoms with Gasteiger partial charge in [0.2, 0.25) is 5.01 Å². The maximum Gasteiger partial charge on any atom is 0.369 e. The van der Waals surface area contributed by atoms with Crippen LogP contribution in [0, 0.1) is 0 Å².